The molecule has 0 aliphatic carbocycles. The molecule has 1 aliphatic rings. The molecule has 1 amide bonds. The van der Waals surface area contributed by atoms with Crippen molar-refractivity contribution in [2.45, 2.75) is 45.4 Å². The highest BCUT2D eigenvalue weighted by Crippen LogP contribution is 2.32. The number of aromatic nitrogens is 1. The van der Waals surface area contributed by atoms with Gasteiger partial charge in [-0.15, -0.1) is 0 Å². The Morgan fingerprint density at radius 1 is 1.21 bits per heavy atom. The second-order valence-corrected chi connectivity index (χ2v) is 10.2. The molecule has 1 aliphatic heterocycles. The van der Waals surface area contributed by atoms with Gasteiger partial charge < -0.3 is 14.6 Å². The van der Waals surface area contributed by atoms with Crippen molar-refractivity contribution in [1.82, 2.24) is 8.87 Å². The van der Waals surface area contributed by atoms with Crippen molar-refractivity contribution in [1.29, 1.82) is 0 Å². The van der Waals surface area contributed by atoms with E-state index < -0.39 is 27.7 Å². The number of esters is 1. The normalized spacial score (nSPS) is 17.1. The Morgan fingerprint density at radius 3 is 2.55 bits per heavy atom. The van der Waals surface area contributed by atoms with E-state index >= 15 is 0 Å². The Labute approximate surface area is 193 Å². The fourth-order valence-corrected chi connectivity index (χ4v) is 6.10. The fourth-order valence-electron chi connectivity index (χ4n) is 4.09. The highest BCUT2D eigenvalue weighted by Gasteiger charge is 2.39. The van der Waals surface area contributed by atoms with Gasteiger partial charge in [0.1, 0.15) is 16.3 Å². The minimum absolute atomic E-state index is 0.0264. The molecule has 1 saturated heterocycles. The predicted octanol–water partition coefficient (Wildman–Crippen LogP) is 3.31. The number of piperidine rings is 1. The van der Waals surface area contributed by atoms with E-state index in [9.17, 15) is 22.4 Å². The molecule has 0 saturated carbocycles. The molecule has 2 aromatic rings. The number of ether oxygens (including phenoxy) is 1. The van der Waals surface area contributed by atoms with Gasteiger partial charge in [-0.05, 0) is 58.2 Å². The number of halogens is 1. The molecule has 8 nitrogen and oxygen atoms in total. The quantitative estimate of drug-likeness (QED) is 0.641. The van der Waals surface area contributed by atoms with Crippen molar-refractivity contribution in [2.75, 3.05) is 25.0 Å². The number of carbonyl (C=O) groups is 2. The number of nitrogens with one attached hydrogen (secondary N) is 1. The first-order chi connectivity index (χ1) is 15.5. The number of sulfonamides is 1. The van der Waals surface area contributed by atoms with Crippen molar-refractivity contribution >= 4 is 27.6 Å². The van der Waals surface area contributed by atoms with E-state index in [-0.39, 0.29) is 36.1 Å². The van der Waals surface area contributed by atoms with Gasteiger partial charge in [-0.1, -0.05) is 6.07 Å². The number of aryl methyl sites for hydroxylation is 1. The first kappa shape index (κ1) is 24.9. The summed E-state index contributed by atoms with van der Waals surface area (Å²) in [5, 5.41) is 2.68. The van der Waals surface area contributed by atoms with Crippen molar-refractivity contribution in [3.8, 4) is 0 Å². The first-order valence-corrected chi connectivity index (χ1v) is 12.3. The van der Waals surface area contributed by atoms with E-state index in [2.05, 4.69) is 5.32 Å². The van der Waals surface area contributed by atoms with Gasteiger partial charge in [-0.2, -0.15) is 4.31 Å². The van der Waals surface area contributed by atoms with Crippen LogP contribution in [0.5, 0.6) is 0 Å². The van der Waals surface area contributed by atoms with Crippen LogP contribution < -0.4 is 5.32 Å². The van der Waals surface area contributed by atoms with Gasteiger partial charge in [0.2, 0.25) is 15.9 Å². The number of amides is 1. The molecule has 180 valence electrons. The van der Waals surface area contributed by atoms with E-state index in [1.54, 1.807) is 51.4 Å². The third kappa shape index (κ3) is 4.81. The Bertz CT molecular complexity index is 1190. The van der Waals surface area contributed by atoms with Gasteiger partial charge in [0, 0.05) is 37.2 Å². The molecular weight excluding hydrogens is 449 g/mol. The SMILES string of the molecule is CCOC(=O)c1c(S(=O)(=O)N2CCC[C@H](C(=O)Nc3ccc(C)c(F)c3)C2)c(C)n(C)c1C. The number of nitrogens with zero attached hydrogens (tertiary/aromatic N) is 2. The van der Waals surface area contributed by atoms with E-state index in [0.29, 0.717) is 35.5 Å². The molecule has 10 heteroatoms. The summed E-state index contributed by atoms with van der Waals surface area (Å²) in [6.45, 7) is 6.93. The lowest BCUT2D eigenvalue weighted by atomic mass is 9.98. The molecule has 1 aromatic carbocycles. The largest absolute Gasteiger partial charge is 0.462 e. The van der Waals surface area contributed by atoms with Crippen molar-refractivity contribution < 1.29 is 27.1 Å². The lowest BCUT2D eigenvalue weighted by Gasteiger charge is -2.31. The van der Waals surface area contributed by atoms with E-state index in [1.807, 2.05) is 0 Å². The zero-order valence-electron chi connectivity index (χ0n) is 19.6. The van der Waals surface area contributed by atoms with Crippen LogP contribution in [0.3, 0.4) is 0 Å². The van der Waals surface area contributed by atoms with Gasteiger partial charge in [0.25, 0.3) is 0 Å². The molecule has 0 radical (unpaired) electrons. The summed E-state index contributed by atoms with van der Waals surface area (Å²) in [7, 11) is -2.37. The number of anilines is 1. The summed E-state index contributed by atoms with van der Waals surface area (Å²) in [5.41, 5.74) is 1.74. The zero-order valence-corrected chi connectivity index (χ0v) is 20.4. The maximum atomic E-state index is 13.8. The Balaban J connectivity index is 1.88. The van der Waals surface area contributed by atoms with Gasteiger partial charge in [0.05, 0.1) is 12.5 Å². The number of benzene rings is 1. The van der Waals surface area contributed by atoms with E-state index in [4.69, 9.17) is 4.74 Å². The maximum absolute atomic E-state index is 13.8. The van der Waals surface area contributed by atoms with Gasteiger partial charge >= 0.3 is 5.97 Å². The van der Waals surface area contributed by atoms with Crippen molar-refractivity contribution in [3.05, 3.63) is 46.5 Å². The fraction of sp³-hybridized carbons (Fsp3) is 0.478. The van der Waals surface area contributed by atoms with Gasteiger partial charge in [-0.3, -0.25) is 4.79 Å². The molecule has 1 fully saturated rings. The second-order valence-electron chi connectivity index (χ2n) is 8.31. The Morgan fingerprint density at radius 2 is 1.91 bits per heavy atom. The molecule has 2 heterocycles. The smallest absolute Gasteiger partial charge is 0.341 e. The topological polar surface area (TPSA) is 97.7 Å². The van der Waals surface area contributed by atoms with Crippen LogP contribution in [-0.4, -0.2) is 48.9 Å². The standard InChI is InChI=1S/C23H30FN3O5S/c1-6-32-23(29)20-15(3)26(5)16(4)21(20)33(30,31)27-11-7-8-17(13-27)22(28)25-18-10-9-14(2)19(24)12-18/h9-10,12,17H,6-8,11,13H2,1-5H3,(H,25,28)/t17-/m0/s1. The molecule has 1 N–H and O–H groups in total. The summed E-state index contributed by atoms with van der Waals surface area (Å²) in [5.74, 6) is -2.09. The summed E-state index contributed by atoms with van der Waals surface area (Å²) >= 11 is 0. The highest BCUT2D eigenvalue weighted by atomic mass is 32.2. The minimum Gasteiger partial charge on any atom is -0.462 e. The van der Waals surface area contributed by atoms with E-state index in [1.165, 1.54) is 10.4 Å². The molecule has 0 spiro atoms. The number of rotatable bonds is 6. The number of hydrogen-bond donors (Lipinski definition) is 1. The van der Waals surface area contributed by atoms with Crippen LogP contribution in [0.2, 0.25) is 0 Å². The second kappa shape index (κ2) is 9.64. The summed E-state index contributed by atoms with van der Waals surface area (Å²) < 4.78 is 49.1. The Kier molecular flexibility index (Phi) is 7.28. The van der Waals surface area contributed by atoms with E-state index in [0.717, 1.165) is 0 Å². The lowest BCUT2D eigenvalue weighted by Crippen LogP contribution is -2.44. The summed E-state index contributed by atoms with van der Waals surface area (Å²) in [6.07, 6.45) is 0.989. The average Bonchev–Trinajstić information content (AvgIpc) is 3.01. The number of carbonyl (C=O) groups excluding carboxylic acids is 2. The van der Waals surface area contributed by atoms with Crippen LogP contribution in [0, 0.1) is 32.5 Å². The van der Waals surface area contributed by atoms with Crippen LogP contribution in [0.15, 0.2) is 23.1 Å². The minimum atomic E-state index is -4.07. The van der Waals surface area contributed by atoms with Crippen LogP contribution >= 0.6 is 0 Å². The zero-order chi connectivity index (χ0) is 24.5. The lowest BCUT2D eigenvalue weighted by molar-refractivity contribution is -0.120. The van der Waals surface area contributed by atoms with Crippen LogP contribution in [0.25, 0.3) is 0 Å². The molecule has 0 bridgehead atoms. The van der Waals surface area contributed by atoms with Crippen molar-refractivity contribution in [2.24, 2.45) is 13.0 Å². The monoisotopic (exact) mass is 479 g/mol. The van der Waals surface area contributed by atoms with Gasteiger partial charge in [-0.25, -0.2) is 17.6 Å². The highest BCUT2D eigenvalue weighted by molar-refractivity contribution is 7.89. The average molecular weight is 480 g/mol. The molecule has 33 heavy (non-hydrogen) atoms. The molecular formula is C23H30FN3O5S. The Hall–Kier alpha value is -2.72. The third-order valence-electron chi connectivity index (χ3n) is 6.20. The van der Waals surface area contributed by atoms with Crippen LogP contribution in [-0.2, 0) is 26.6 Å². The summed E-state index contributed by atoms with van der Waals surface area (Å²) in [6, 6.07) is 4.42. The summed E-state index contributed by atoms with van der Waals surface area (Å²) in [4.78, 5) is 25.3. The van der Waals surface area contributed by atoms with Crippen LogP contribution in [0.1, 0.15) is 47.1 Å². The van der Waals surface area contributed by atoms with Crippen LogP contribution in [0.4, 0.5) is 10.1 Å². The molecule has 0 unspecified atom stereocenters. The molecule has 3 rings (SSSR count). The number of hydrogen-bond acceptors (Lipinski definition) is 5. The molecule has 1 aromatic heterocycles. The van der Waals surface area contributed by atoms with Crippen molar-refractivity contribution in [3.63, 3.8) is 0 Å². The molecule has 1 atom stereocenters. The first-order valence-electron chi connectivity index (χ1n) is 10.9. The third-order valence-corrected chi connectivity index (χ3v) is 8.22. The predicted molar refractivity (Wildman–Crippen MR) is 122 cm³/mol. The van der Waals surface area contributed by atoms with Gasteiger partial charge in [0.15, 0.2) is 0 Å². The maximum Gasteiger partial charge on any atom is 0.341 e.